The van der Waals surface area contributed by atoms with Gasteiger partial charge in [-0.2, -0.15) is 0 Å². The third-order valence-electron chi connectivity index (χ3n) is 4.16. The Hall–Kier alpha value is -2.08. The number of rotatable bonds is 6. The summed E-state index contributed by atoms with van der Waals surface area (Å²) in [6.45, 7) is 6.08. The maximum atomic E-state index is 12.2. The summed E-state index contributed by atoms with van der Waals surface area (Å²) in [6.07, 6.45) is 1.45. The first-order chi connectivity index (χ1) is 12.3. The molecule has 0 aliphatic carbocycles. The molecular formula is C20H25BrN2O3. The van der Waals surface area contributed by atoms with E-state index < -0.39 is 12.1 Å². The minimum absolute atomic E-state index is 0.333. The molecule has 0 aliphatic rings. The number of carboxylic acid groups (broad SMARTS) is 1. The quantitative estimate of drug-likeness (QED) is 0.643. The molecule has 1 unspecified atom stereocenters. The molecule has 0 aliphatic heterocycles. The molecule has 1 amide bonds. The number of nitrogens with zero attached hydrogens (tertiary/aromatic N) is 2. The number of ether oxygens (including phenoxy) is 1. The van der Waals surface area contributed by atoms with Crippen LogP contribution in [0, 0.1) is 5.41 Å². The van der Waals surface area contributed by atoms with Crippen molar-refractivity contribution >= 4 is 27.8 Å². The largest absolute Gasteiger partial charge is 0.497 e. The van der Waals surface area contributed by atoms with Gasteiger partial charge in [0.2, 0.25) is 0 Å². The van der Waals surface area contributed by atoms with Crippen LogP contribution in [0.5, 0.6) is 5.75 Å². The summed E-state index contributed by atoms with van der Waals surface area (Å²) in [7, 11) is 1.61. The van der Waals surface area contributed by atoms with Crippen molar-refractivity contribution in [2.45, 2.75) is 33.2 Å². The second-order valence-electron chi connectivity index (χ2n) is 7.16. The molecular weight excluding hydrogens is 396 g/mol. The minimum atomic E-state index is -1.02. The van der Waals surface area contributed by atoms with E-state index in [4.69, 9.17) is 4.74 Å². The van der Waals surface area contributed by atoms with Crippen LogP contribution in [0.4, 0.5) is 10.6 Å². The Morgan fingerprint density at radius 3 is 2.42 bits per heavy atom. The molecule has 1 atom stereocenters. The van der Waals surface area contributed by atoms with Crippen LogP contribution in [0.1, 0.15) is 37.9 Å². The highest BCUT2D eigenvalue weighted by Crippen LogP contribution is 2.40. The van der Waals surface area contributed by atoms with Gasteiger partial charge in [0.1, 0.15) is 11.6 Å². The SMILES string of the molecule is COc1ccc(C(N(C(=O)O)c2cc(CCBr)ccn2)C(C)(C)C)cc1. The highest BCUT2D eigenvalue weighted by Gasteiger charge is 2.36. The summed E-state index contributed by atoms with van der Waals surface area (Å²) < 4.78 is 5.22. The Morgan fingerprint density at radius 1 is 1.27 bits per heavy atom. The standard InChI is InChI=1S/C20H25BrN2O3/c1-20(2,3)18(15-5-7-16(26-4)8-6-15)23(19(24)25)17-13-14(9-11-21)10-12-22-17/h5-8,10,12-13,18H,9,11H2,1-4H3,(H,24,25). The van der Waals surface area contributed by atoms with E-state index >= 15 is 0 Å². The molecule has 2 rings (SSSR count). The molecule has 0 radical (unpaired) electrons. The van der Waals surface area contributed by atoms with Crippen molar-refractivity contribution in [3.8, 4) is 5.75 Å². The number of alkyl halides is 1. The van der Waals surface area contributed by atoms with Crippen LogP contribution in [-0.4, -0.2) is 28.6 Å². The lowest BCUT2D eigenvalue weighted by Gasteiger charge is -2.38. The van der Waals surface area contributed by atoms with Gasteiger partial charge in [0, 0.05) is 11.5 Å². The third kappa shape index (κ3) is 4.75. The molecule has 1 N–H and O–H groups in total. The monoisotopic (exact) mass is 420 g/mol. The molecule has 140 valence electrons. The van der Waals surface area contributed by atoms with Gasteiger partial charge < -0.3 is 9.84 Å². The number of hydrogen-bond acceptors (Lipinski definition) is 3. The summed E-state index contributed by atoms with van der Waals surface area (Å²) >= 11 is 3.43. The van der Waals surface area contributed by atoms with Gasteiger partial charge in [-0.3, -0.25) is 4.90 Å². The number of aromatic nitrogens is 1. The van der Waals surface area contributed by atoms with E-state index in [1.165, 1.54) is 4.90 Å². The molecule has 0 saturated carbocycles. The van der Waals surface area contributed by atoms with Crippen LogP contribution in [0.2, 0.25) is 0 Å². The Balaban J connectivity index is 2.54. The molecule has 1 heterocycles. The number of carbonyl (C=O) groups is 1. The van der Waals surface area contributed by atoms with E-state index in [0.29, 0.717) is 5.82 Å². The molecule has 0 saturated heterocycles. The van der Waals surface area contributed by atoms with E-state index in [2.05, 4.69) is 20.9 Å². The van der Waals surface area contributed by atoms with Crippen LogP contribution >= 0.6 is 15.9 Å². The first kappa shape index (κ1) is 20.2. The number of aryl methyl sites for hydroxylation is 1. The number of anilines is 1. The zero-order chi connectivity index (χ0) is 19.3. The average molecular weight is 421 g/mol. The lowest BCUT2D eigenvalue weighted by atomic mass is 9.81. The normalized spacial score (nSPS) is 12.5. The Labute approximate surface area is 163 Å². The van der Waals surface area contributed by atoms with Gasteiger partial charge in [-0.05, 0) is 47.2 Å². The zero-order valence-corrected chi connectivity index (χ0v) is 17.2. The highest BCUT2D eigenvalue weighted by molar-refractivity contribution is 9.09. The lowest BCUT2D eigenvalue weighted by molar-refractivity contribution is 0.189. The van der Waals surface area contributed by atoms with Crippen molar-refractivity contribution in [2.75, 3.05) is 17.3 Å². The fourth-order valence-electron chi connectivity index (χ4n) is 3.02. The molecule has 0 bridgehead atoms. The highest BCUT2D eigenvalue weighted by atomic mass is 79.9. The van der Waals surface area contributed by atoms with Crippen molar-refractivity contribution in [3.63, 3.8) is 0 Å². The number of methoxy groups -OCH3 is 1. The molecule has 0 fully saturated rings. The smallest absolute Gasteiger partial charge is 0.413 e. The van der Waals surface area contributed by atoms with Gasteiger partial charge >= 0.3 is 6.09 Å². The van der Waals surface area contributed by atoms with E-state index in [1.807, 2.05) is 57.2 Å². The number of pyridine rings is 1. The number of amides is 1. The van der Waals surface area contributed by atoms with Crippen LogP contribution < -0.4 is 9.64 Å². The van der Waals surface area contributed by atoms with E-state index in [1.54, 1.807) is 13.3 Å². The van der Waals surface area contributed by atoms with Crippen LogP contribution in [0.25, 0.3) is 0 Å². The summed E-state index contributed by atoms with van der Waals surface area (Å²) in [5.41, 5.74) is 1.61. The number of hydrogen-bond donors (Lipinski definition) is 1. The fourth-order valence-corrected chi connectivity index (χ4v) is 3.48. The Bertz CT molecular complexity index is 741. The van der Waals surface area contributed by atoms with Crippen LogP contribution in [0.15, 0.2) is 42.6 Å². The first-order valence-electron chi connectivity index (χ1n) is 8.45. The van der Waals surface area contributed by atoms with Crippen LogP contribution in [-0.2, 0) is 6.42 Å². The maximum Gasteiger partial charge on any atom is 0.413 e. The predicted molar refractivity (Wildman–Crippen MR) is 107 cm³/mol. The van der Waals surface area contributed by atoms with E-state index in [0.717, 1.165) is 28.6 Å². The molecule has 5 nitrogen and oxygen atoms in total. The summed E-state index contributed by atoms with van der Waals surface area (Å²) in [6, 6.07) is 10.9. The minimum Gasteiger partial charge on any atom is -0.497 e. The lowest BCUT2D eigenvalue weighted by Crippen LogP contribution is -2.41. The second-order valence-corrected chi connectivity index (χ2v) is 7.95. The van der Waals surface area contributed by atoms with Gasteiger partial charge in [-0.25, -0.2) is 9.78 Å². The van der Waals surface area contributed by atoms with Gasteiger partial charge in [-0.15, -0.1) is 0 Å². The summed E-state index contributed by atoms with van der Waals surface area (Å²) in [5.74, 6) is 1.17. The van der Waals surface area contributed by atoms with Crippen LogP contribution in [0.3, 0.4) is 0 Å². The van der Waals surface area contributed by atoms with Crippen molar-refractivity contribution in [1.29, 1.82) is 0 Å². The fraction of sp³-hybridized carbons (Fsp3) is 0.400. The predicted octanol–water partition coefficient (Wildman–Crippen LogP) is 5.30. The van der Waals surface area contributed by atoms with Crippen molar-refractivity contribution < 1.29 is 14.6 Å². The van der Waals surface area contributed by atoms with Gasteiger partial charge in [-0.1, -0.05) is 48.8 Å². The molecule has 1 aromatic heterocycles. The molecule has 6 heteroatoms. The van der Waals surface area contributed by atoms with Gasteiger partial charge in [0.15, 0.2) is 0 Å². The average Bonchev–Trinajstić information content (AvgIpc) is 2.59. The van der Waals surface area contributed by atoms with E-state index in [-0.39, 0.29) is 5.41 Å². The number of benzene rings is 1. The summed E-state index contributed by atoms with van der Waals surface area (Å²) in [5, 5.41) is 10.8. The molecule has 26 heavy (non-hydrogen) atoms. The first-order valence-corrected chi connectivity index (χ1v) is 9.57. The zero-order valence-electron chi connectivity index (χ0n) is 15.6. The Morgan fingerprint density at radius 2 is 1.92 bits per heavy atom. The number of halogens is 1. The molecule has 2 aromatic rings. The maximum absolute atomic E-state index is 12.2. The molecule has 0 spiro atoms. The van der Waals surface area contributed by atoms with Gasteiger partial charge in [0.05, 0.1) is 13.2 Å². The third-order valence-corrected chi connectivity index (χ3v) is 4.55. The van der Waals surface area contributed by atoms with Crippen molar-refractivity contribution in [2.24, 2.45) is 5.41 Å². The molecule has 1 aromatic carbocycles. The Kier molecular flexibility index (Phi) is 6.64. The van der Waals surface area contributed by atoms with Crippen molar-refractivity contribution in [1.82, 2.24) is 4.98 Å². The summed E-state index contributed by atoms with van der Waals surface area (Å²) in [4.78, 5) is 17.9. The topological polar surface area (TPSA) is 62.7 Å². The van der Waals surface area contributed by atoms with E-state index in [9.17, 15) is 9.90 Å². The van der Waals surface area contributed by atoms with Gasteiger partial charge in [0.25, 0.3) is 0 Å². The van der Waals surface area contributed by atoms with Crippen molar-refractivity contribution in [3.05, 3.63) is 53.7 Å². The second kappa shape index (κ2) is 8.54.